The van der Waals surface area contributed by atoms with Gasteiger partial charge in [0.2, 0.25) is 5.91 Å². The Kier molecular flexibility index (Phi) is 5.87. The molecule has 9 nitrogen and oxygen atoms in total. The fraction of sp³-hybridized carbons (Fsp3) is 0.333. The lowest BCUT2D eigenvalue weighted by Gasteiger charge is -2.27. The van der Waals surface area contributed by atoms with Crippen molar-refractivity contribution in [2.75, 3.05) is 23.3 Å². The molecule has 2 amide bonds. The van der Waals surface area contributed by atoms with Gasteiger partial charge in [-0.05, 0) is 54.3 Å². The molecular weight excluding hydrogens is 439 g/mol. The number of halogens is 1. The molecule has 34 heavy (non-hydrogen) atoms. The monoisotopic (exact) mass is 464 g/mol. The Balaban J connectivity index is 1.29. The molecule has 1 saturated heterocycles. The number of aryl methyl sites for hydroxylation is 1. The van der Waals surface area contributed by atoms with E-state index in [1.54, 1.807) is 18.3 Å². The highest BCUT2D eigenvalue weighted by molar-refractivity contribution is 5.90. The van der Waals surface area contributed by atoms with Crippen LogP contribution in [-0.4, -0.2) is 52.6 Å². The number of ether oxygens (including phenoxy) is 1. The Bertz CT molecular complexity index is 1220. The molecule has 2 aliphatic heterocycles. The van der Waals surface area contributed by atoms with Crippen LogP contribution in [0.15, 0.2) is 42.6 Å². The molecule has 0 saturated carbocycles. The maximum absolute atomic E-state index is 15.1. The van der Waals surface area contributed by atoms with Crippen molar-refractivity contribution in [2.45, 2.75) is 38.3 Å². The third kappa shape index (κ3) is 4.57. The molecule has 0 spiro atoms. The van der Waals surface area contributed by atoms with E-state index in [1.165, 1.54) is 17.9 Å². The maximum Gasteiger partial charge on any atom is 0.414 e. The molecule has 1 fully saturated rings. The first-order chi connectivity index (χ1) is 16.5. The zero-order chi connectivity index (χ0) is 23.7. The number of H-pyrrole nitrogens is 1. The molecule has 5 rings (SSSR count). The van der Waals surface area contributed by atoms with Crippen LogP contribution in [0.1, 0.15) is 24.6 Å². The highest BCUT2D eigenvalue weighted by Crippen LogP contribution is 2.33. The van der Waals surface area contributed by atoms with E-state index in [4.69, 9.17) is 4.74 Å². The summed E-state index contributed by atoms with van der Waals surface area (Å²) in [5, 5.41) is 16.8. The Morgan fingerprint density at radius 2 is 2.18 bits per heavy atom. The van der Waals surface area contributed by atoms with E-state index < -0.39 is 18.0 Å². The van der Waals surface area contributed by atoms with Gasteiger partial charge in [-0.3, -0.25) is 9.69 Å². The summed E-state index contributed by atoms with van der Waals surface area (Å²) in [4.78, 5) is 24.7. The number of carbonyl (C=O) groups is 2. The van der Waals surface area contributed by atoms with Gasteiger partial charge in [0.05, 0.1) is 30.7 Å². The second kappa shape index (κ2) is 9.12. The largest absolute Gasteiger partial charge is 0.442 e. The van der Waals surface area contributed by atoms with Crippen LogP contribution in [0.5, 0.6) is 0 Å². The lowest BCUT2D eigenvalue weighted by atomic mass is 9.92. The van der Waals surface area contributed by atoms with Crippen molar-refractivity contribution >= 4 is 23.4 Å². The zero-order valence-corrected chi connectivity index (χ0v) is 18.7. The van der Waals surface area contributed by atoms with Gasteiger partial charge in [-0.2, -0.15) is 15.4 Å². The summed E-state index contributed by atoms with van der Waals surface area (Å²) in [6, 6.07) is 10.9. The molecule has 1 unspecified atom stereocenters. The van der Waals surface area contributed by atoms with Crippen molar-refractivity contribution in [3.8, 4) is 11.1 Å². The summed E-state index contributed by atoms with van der Waals surface area (Å²) in [5.74, 6) is -0.612. The third-order valence-corrected chi connectivity index (χ3v) is 6.18. The molecule has 10 heteroatoms. The van der Waals surface area contributed by atoms with Gasteiger partial charge in [0, 0.05) is 30.6 Å². The van der Waals surface area contributed by atoms with Gasteiger partial charge in [0.25, 0.3) is 0 Å². The predicted molar refractivity (Wildman–Crippen MR) is 124 cm³/mol. The van der Waals surface area contributed by atoms with Gasteiger partial charge in [-0.25, -0.2) is 9.18 Å². The van der Waals surface area contributed by atoms with Crippen LogP contribution in [0, 0.1) is 5.82 Å². The molecule has 3 aromatic rings. The van der Waals surface area contributed by atoms with Crippen molar-refractivity contribution in [1.82, 2.24) is 20.7 Å². The number of rotatable bonds is 6. The van der Waals surface area contributed by atoms with Crippen molar-refractivity contribution in [3.63, 3.8) is 0 Å². The quantitative estimate of drug-likeness (QED) is 0.517. The summed E-state index contributed by atoms with van der Waals surface area (Å²) in [6.07, 6.45) is 3.33. The van der Waals surface area contributed by atoms with Crippen LogP contribution in [0.4, 0.5) is 20.6 Å². The molecule has 176 valence electrons. The van der Waals surface area contributed by atoms with Gasteiger partial charge in [-0.15, -0.1) is 0 Å². The first kappa shape index (κ1) is 21.9. The van der Waals surface area contributed by atoms with E-state index in [2.05, 4.69) is 26.0 Å². The van der Waals surface area contributed by atoms with E-state index in [-0.39, 0.29) is 25.0 Å². The standard InChI is InChI=1S/C24H25FN6O3/c1-14(32)26-12-20-13-31(24(33)34-20)19-5-6-21(22(25)10-19)15-3-7-23-16(8-15)2-4-17(28-23)9-18-11-27-30-29-18/h3,5-8,10-11,17,20,28H,2,4,9,12-13H2,1H3,(H,26,32)(H,27,29,30)/t17?,20-/m0/s1. The smallest absolute Gasteiger partial charge is 0.414 e. The van der Waals surface area contributed by atoms with Crippen molar-refractivity contribution < 1.29 is 18.7 Å². The minimum Gasteiger partial charge on any atom is -0.442 e. The van der Waals surface area contributed by atoms with Crippen LogP contribution in [0.2, 0.25) is 0 Å². The minimum atomic E-state index is -0.553. The van der Waals surface area contributed by atoms with Crippen molar-refractivity contribution in [2.24, 2.45) is 0 Å². The number of nitrogens with zero attached hydrogens (tertiary/aromatic N) is 3. The maximum atomic E-state index is 15.1. The van der Waals surface area contributed by atoms with Gasteiger partial charge in [0.15, 0.2) is 0 Å². The van der Waals surface area contributed by atoms with E-state index in [1.807, 2.05) is 18.2 Å². The first-order valence-corrected chi connectivity index (χ1v) is 11.2. The van der Waals surface area contributed by atoms with Crippen molar-refractivity contribution in [3.05, 3.63) is 59.7 Å². The van der Waals surface area contributed by atoms with E-state index >= 15 is 4.39 Å². The number of amides is 2. The minimum absolute atomic E-state index is 0.198. The summed E-state index contributed by atoms with van der Waals surface area (Å²) < 4.78 is 20.4. The SMILES string of the molecule is CC(=O)NC[C@H]1CN(c2ccc(-c3ccc4c(c3)CCC(Cc3cn[nH]n3)N4)c(F)c2)C(=O)O1. The number of aromatic amines is 1. The predicted octanol–water partition coefficient (Wildman–Crippen LogP) is 3.04. The molecule has 2 aliphatic rings. The topological polar surface area (TPSA) is 112 Å². The zero-order valence-electron chi connectivity index (χ0n) is 18.7. The number of fused-ring (bicyclic) bond motifs is 1. The molecule has 2 atom stereocenters. The Morgan fingerprint density at radius 1 is 1.29 bits per heavy atom. The average Bonchev–Trinajstić information content (AvgIpc) is 3.46. The number of hydrogen-bond acceptors (Lipinski definition) is 6. The van der Waals surface area contributed by atoms with E-state index in [0.717, 1.165) is 41.8 Å². The Hall–Kier alpha value is -3.95. The number of cyclic esters (lactones) is 1. The van der Waals surface area contributed by atoms with Gasteiger partial charge in [0.1, 0.15) is 11.9 Å². The number of carbonyl (C=O) groups excluding carboxylic acids is 2. The lowest BCUT2D eigenvalue weighted by molar-refractivity contribution is -0.119. The second-order valence-corrected chi connectivity index (χ2v) is 8.63. The number of hydrogen-bond donors (Lipinski definition) is 3. The lowest BCUT2D eigenvalue weighted by Crippen LogP contribution is -2.33. The summed E-state index contributed by atoms with van der Waals surface area (Å²) >= 11 is 0. The second-order valence-electron chi connectivity index (χ2n) is 8.63. The van der Waals surface area contributed by atoms with Crippen LogP contribution in [0.3, 0.4) is 0 Å². The Morgan fingerprint density at radius 3 is 2.94 bits per heavy atom. The molecule has 3 heterocycles. The summed E-state index contributed by atoms with van der Waals surface area (Å²) in [5.41, 5.74) is 4.78. The molecule has 2 aromatic carbocycles. The fourth-order valence-corrected chi connectivity index (χ4v) is 4.46. The third-order valence-electron chi connectivity index (χ3n) is 6.18. The van der Waals surface area contributed by atoms with Crippen molar-refractivity contribution in [1.29, 1.82) is 0 Å². The number of aromatic nitrogens is 3. The molecule has 3 N–H and O–H groups in total. The molecule has 0 aliphatic carbocycles. The van der Waals surface area contributed by atoms with Crippen LogP contribution in [0.25, 0.3) is 11.1 Å². The average molecular weight is 465 g/mol. The Labute approximate surface area is 195 Å². The normalized spacial score (nSPS) is 19.4. The van der Waals surface area contributed by atoms with E-state index in [0.29, 0.717) is 11.3 Å². The van der Waals surface area contributed by atoms with Gasteiger partial charge in [-0.1, -0.05) is 6.07 Å². The van der Waals surface area contributed by atoms with E-state index in [9.17, 15) is 9.59 Å². The van der Waals surface area contributed by atoms with Gasteiger partial charge >= 0.3 is 6.09 Å². The molecule has 0 bridgehead atoms. The summed E-state index contributed by atoms with van der Waals surface area (Å²) in [7, 11) is 0. The van der Waals surface area contributed by atoms with Gasteiger partial charge < -0.3 is 15.4 Å². The number of benzene rings is 2. The first-order valence-electron chi connectivity index (χ1n) is 11.2. The number of nitrogens with one attached hydrogen (secondary N) is 3. The molecule has 0 radical (unpaired) electrons. The summed E-state index contributed by atoms with van der Waals surface area (Å²) in [6.45, 7) is 1.87. The number of anilines is 2. The van der Waals surface area contributed by atoms with Crippen LogP contribution < -0.4 is 15.5 Å². The highest BCUT2D eigenvalue weighted by atomic mass is 19.1. The van der Waals surface area contributed by atoms with Crippen LogP contribution in [-0.2, 0) is 22.4 Å². The highest BCUT2D eigenvalue weighted by Gasteiger charge is 2.32. The van der Waals surface area contributed by atoms with Crippen LogP contribution >= 0.6 is 0 Å². The molecule has 1 aromatic heterocycles. The fourth-order valence-electron chi connectivity index (χ4n) is 4.46. The molecular formula is C24H25FN6O3.